The van der Waals surface area contributed by atoms with Gasteiger partial charge in [-0.15, -0.1) is 0 Å². The first-order valence-corrected chi connectivity index (χ1v) is 12.9. The van der Waals surface area contributed by atoms with E-state index in [4.69, 9.17) is 5.11 Å². The van der Waals surface area contributed by atoms with Crippen LogP contribution in [-0.2, 0) is 24.3 Å². The van der Waals surface area contributed by atoms with E-state index in [2.05, 4.69) is 63.0 Å². The monoisotopic (exact) mass is 505 g/mol. The molecule has 0 atom stereocenters. The number of halogens is 1. The van der Waals surface area contributed by atoms with Gasteiger partial charge in [-0.2, -0.15) is 0 Å². The van der Waals surface area contributed by atoms with Gasteiger partial charge in [0.25, 0.3) is 0 Å². The molecule has 3 heterocycles. The molecule has 0 fully saturated rings. The summed E-state index contributed by atoms with van der Waals surface area (Å²) >= 11 is 0. The summed E-state index contributed by atoms with van der Waals surface area (Å²) in [6.07, 6.45) is 5.07. The van der Waals surface area contributed by atoms with Crippen molar-refractivity contribution in [2.45, 2.75) is 25.9 Å². The van der Waals surface area contributed by atoms with E-state index in [-0.39, 0.29) is 12.2 Å². The van der Waals surface area contributed by atoms with E-state index in [0.717, 1.165) is 42.7 Å². The lowest BCUT2D eigenvalue weighted by Crippen LogP contribution is -2.32. The molecule has 1 N–H and O–H groups in total. The molecule has 0 saturated carbocycles. The molecule has 38 heavy (non-hydrogen) atoms. The summed E-state index contributed by atoms with van der Waals surface area (Å²) in [5.74, 6) is -1.04. The molecule has 0 unspecified atom stereocenters. The van der Waals surface area contributed by atoms with E-state index in [1.807, 2.05) is 24.3 Å². The summed E-state index contributed by atoms with van der Waals surface area (Å²) in [6, 6.07) is 25.5. The second-order valence-corrected chi connectivity index (χ2v) is 9.85. The van der Waals surface area contributed by atoms with E-state index >= 15 is 0 Å². The number of fused-ring (bicyclic) bond motifs is 4. The molecule has 1 aliphatic rings. The molecule has 0 amide bonds. The summed E-state index contributed by atoms with van der Waals surface area (Å²) in [4.78, 5) is 17.9. The topological polar surface area (TPSA) is 58.4 Å². The predicted octanol–water partition coefficient (Wildman–Crippen LogP) is 6.38. The van der Waals surface area contributed by atoms with E-state index in [1.165, 1.54) is 39.9 Å². The molecule has 0 spiro atoms. The number of hydrogen-bond acceptors (Lipinski definition) is 3. The van der Waals surface area contributed by atoms with Crippen molar-refractivity contribution in [3.63, 3.8) is 0 Å². The van der Waals surface area contributed by atoms with Gasteiger partial charge in [-0.25, -0.2) is 9.37 Å². The fourth-order valence-electron chi connectivity index (χ4n) is 5.44. The van der Waals surface area contributed by atoms with Crippen molar-refractivity contribution < 1.29 is 14.3 Å². The smallest absolute Gasteiger partial charge is 0.304 e. The number of aromatic nitrogens is 2. The zero-order valence-electron chi connectivity index (χ0n) is 21.0. The van der Waals surface area contributed by atoms with Crippen LogP contribution in [0.15, 0.2) is 78.9 Å². The van der Waals surface area contributed by atoms with Gasteiger partial charge in [-0.3, -0.25) is 9.69 Å². The van der Waals surface area contributed by atoms with Crippen molar-refractivity contribution in [3.05, 3.63) is 113 Å². The maximum absolute atomic E-state index is 13.6. The Morgan fingerprint density at radius 3 is 2.76 bits per heavy atom. The molecule has 2 aromatic heterocycles. The van der Waals surface area contributed by atoms with Crippen LogP contribution in [0.3, 0.4) is 0 Å². The number of aliphatic carboxylic acids is 1. The van der Waals surface area contributed by atoms with Gasteiger partial charge in [0.2, 0.25) is 0 Å². The molecular weight excluding hydrogens is 477 g/mol. The number of hydrogen-bond donors (Lipinski definition) is 1. The molecule has 6 heteroatoms. The Morgan fingerprint density at radius 2 is 1.87 bits per heavy atom. The zero-order chi connectivity index (χ0) is 26.1. The average molecular weight is 506 g/mol. The fourth-order valence-corrected chi connectivity index (χ4v) is 5.44. The van der Waals surface area contributed by atoms with E-state index in [9.17, 15) is 9.18 Å². The Hall–Kier alpha value is -4.29. The third-order valence-electron chi connectivity index (χ3n) is 7.30. The molecule has 1 aliphatic heterocycles. The first-order valence-electron chi connectivity index (χ1n) is 12.9. The quantitative estimate of drug-likeness (QED) is 0.279. The molecular formula is C32H28FN3O2. The Labute approximate surface area is 220 Å². The van der Waals surface area contributed by atoms with Gasteiger partial charge in [0.15, 0.2) is 0 Å². The minimum atomic E-state index is -0.752. The van der Waals surface area contributed by atoms with Crippen molar-refractivity contribution in [2.24, 2.45) is 0 Å². The zero-order valence-corrected chi connectivity index (χ0v) is 21.0. The van der Waals surface area contributed by atoms with Crippen LogP contribution in [0.2, 0.25) is 0 Å². The minimum absolute atomic E-state index is 0.167. The highest BCUT2D eigenvalue weighted by atomic mass is 19.1. The molecule has 5 aromatic rings. The summed E-state index contributed by atoms with van der Waals surface area (Å²) in [6.45, 7) is 2.98. The van der Waals surface area contributed by atoms with Crippen molar-refractivity contribution >= 4 is 39.9 Å². The maximum Gasteiger partial charge on any atom is 0.304 e. The Bertz CT molecular complexity index is 1690. The maximum atomic E-state index is 13.6. The number of carbonyl (C=O) groups is 1. The molecule has 5 nitrogen and oxygen atoms in total. The van der Waals surface area contributed by atoms with E-state index in [1.54, 1.807) is 6.07 Å². The van der Waals surface area contributed by atoms with Crippen LogP contribution in [0.4, 0.5) is 4.39 Å². The van der Waals surface area contributed by atoms with Gasteiger partial charge in [0.1, 0.15) is 5.82 Å². The minimum Gasteiger partial charge on any atom is -0.481 e. The number of carboxylic acid groups (broad SMARTS) is 1. The summed E-state index contributed by atoms with van der Waals surface area (Å²) < 4.78 is 16.0. The van der Waals surface area contributed by atoms with E-state index < -0.39 is 5.97 Å². The van der Waals surface area contributed by atoms with Gasteiger partial charge >= 0.3 is 5.97 Å². The van der Waals surface area contributed by atoms with Gasteiger partial charge in [-0.1, -0.05) is 48.5 Å². The summed E-state index contributed by atoms with van der Waals surface area (Å²) in [7, 11) is 0. The Kier molecular flexibility index (Phi) is 6.48. The Morgan fingerprint density at radius 1 is 1.00 bits per heavy atom. The number of pyridine rings is 1. The lowest BCUT2D eigenvalue weighted by atomic mass is 10.0. The number of nitrogens with zero attached hydrogens (tertiary/aromatic N) is 3. The van der Waals surface area contributed by atoms with Crippen LogP contribution in [-0.4, -0.2) is 38.6 Å². The molecule has 0 aliphatic carbocycles. The molecule has 0 radical (unpaired) electrons. The largest absolute Gasteiger partial charge is 0.481 e. The number of carboxylic acids is 1. The molecule has 3 aromatic carbocycles. The first-order chi connectivity index (χ1) is 18.5. The third kappa shape index (κ3) is 4.95. The van der Waals surface area contributed by atoms with Gasteiger partial charge < -0.3 is 9.67 Å². The second kappa shape index (κ2) is 10.2. The fraction of sp³-hybridized carbons (Fsp3) is 0.188. The van der Waals surface area contributed by atoms with Gasteiger partial charge in [-0.05, 0) is 53.1 Å². The van der Waals surface area contributed by atoms with Crippen LogP contribution in [0.1, 0.15) is 34.5 Å². The van der Waals surface area contributed by atoms with Crippen LogP contribution in [0.25, 0.3) is 34.0 Å². The normalized spacial score (nSPS) is 13.9. The number of benzene rings is 3. The molecule has 6 rings (SSSR count). The highest BCUT2D eigenvalue weighted by Crippen LogP contribution is 2.32. The van der Waals surface area contributed by atoms with E-state index in [0.29, 0.717) is 12.1 Å². The number of rotatable bonds is 7. The van der Waals surface area contributed by atoms with Gasteiger partial charge in [0, 0.05) is 60.6 Å². The average Bonchev–Trinajstić information content (AvgIpc) is 3.23. The predicted molar refractivity (Wildman–Crippen MR) is 149 cm³/mol. The van der Waals surface area contributed by atoms with Crippen LogP contribution in [0, 0.1) is 5.82 Å². The number of para-hydroxylation sites is 1. The molecule has 0 bridgehead atoms. The SMILES string of the molecule is O=C(O)CCN1CCc2c(c3ccccc3n2Cc2cccc(/C=C/c3ccc4ccc(F)cc4n3)c2)C1. The highest BCUT2D eigenvalue weighted by Gasteiger charge is 2.24. The summed E-state index contributed by atoms with van der Waals surface area (Å²) in [5, 5.41) is 11.3. The van der Waals surface area contributed by atoms with Crippen molar-refractivity contribution in [1.82, 2.24) is 14.5 Å². The lowest BCUT2D eigenvalue weighted by molar-refractivity contribution is -0.137. The standard InChI is InChI=1S/C32H28FN3O2/c33-25-11-9-24-10-13-26(34-29(24)19-25)12-8-22-4-3-5-23(18-22)20-36-30-7-2-1-6-27(30)28-21-35(16-14-31(28)36)17-15-32(37)38/h1-13,18-19H,14-17,20-21H2,(H,37,38)/b12-8+. The van der Waals surface area contributed by atoms with Crippen molar-refractivity contribution in [2.75, 3.05) is 13.1 Å². The highest BCUT2D eigenvalue weighted by molar-refractivity contribution is 5.86. The molecule has 0 saturated heterocycles. The van der Waals surface area contributed by atoms with Crippen molar-refractivity contribution in [1.29, 1.82) is 0 Å². The Balaban J connectivity index is 1.26. The second-order valence-electron chi connectivity index (χ2n) is 9.85. The summed E-state index contributed by atoms with van der Waals surface area (Å²) in [5.41, 5.74) is 7.58. The van der Waals surface area contributed by atoms with Crippen LogP contribution in [0.5, 0.6) is 0 Å². The van der Waals surface area contributed by atoms with Crippen LogP contribution < -0.4 is 0 Å². The first kappa shape index (κ1) is 24.1. The molecule has 190 valence electrons. The van der Waals surface area contributed by atoms with Gasteiger partial charge in [0.05, 0.1) is 17.6 Å². The lowest BCUT2D eigenvalue weighted by Gasteiger charge is -2.27. The van der Waals surface area contributed by atoms with Crippen molar-refractivity contribution in [3.8, 4) is 0 Å². The van der Waals surface area contributed by atoms with Crippen LogP contribution >= 0.6 is 0 Å². The third-order valence-corrected chi connectivity index (χ3v) is 7.30.